The van der Waals surface area contributed by atoms with Crippen molar-refractivity contribution in [2.24, 2.45) is 0 Å². The number of imidazole rings is 1. The number of halogens is 1. The van der Waals surface area contributed by atoms with Crippen molar-refractivity contribution in [2.75, 3.05) is 27.2 Å². The Bertz CT molecular complexity index is 1090. The van der Waals surface area contributed by atoms with E-state index in [1.165, 1.54) is 0 Å². The summed E-state index contributed by atoms with van der Waals surface area (Å²) in [6.45, 7) is 5.22. The van der Waals surface area contributed by atoms with Gasteiger partial charge in [-0.1, -0.05) is 11.6 Å². The van der Waals surface area contributed by atoms with Crippen molar-refractivity contribution in [1.82, 2.24) is 19.4 Å². The smallest absolute Gasteiger partial charge is 0.298 e. The van der Waals surface area contributed by atoms with Crippen LogP contribution in [0.15, 0.2) is 34.7 Å². The first-order chi connectivity index (χ1) is 15.2. The molecule has 0 atom stereocenters. The van der Waals surface area contributed by atoms with Crippen molar-refractivity contribution < 1.29 is 19.4 Å². The number of ether oxygens (including phenoxy) is 1. The van der Waals surface area contributed by atoms with E-state index in [0.717, 1.165) is 22.2 Å². The van der Waals surface area contributed by atoms with Crippen molar-refractivity contribution in [3.05, 3.63) is 51.6 Å². The second-order valence-corrected chi connectivity index (χ2v) is 8.53. The third-order valence-electron chi connectivity index (χ3n) is 5.71. The fourth-order valence-electron chi connectivity index (χ4n) is 3.77. The predicted molar refractivity (Wildman–Crippen MR) is 123 cm³/mol. The maximum atomic E-state index is 13.0. The molecule has 3 rings (SSSR count). The van der Waals surface area contributed by atoms with Gasteiger partial charge in [-0.2, -0.15) is 0 Å². The zero-order chi connectivity index (χ0) is 23.4. The Labute approximate surface area is 192 Å². The number of fused-ring (bicyclic) bond motifs is 1. The Kier molecular flexibility index (Phi) is 7.58. The zero-order valence-corrected chi connectivity index (χ0v) is 19.6. The normalized spacial score (nSPS) is 13.9. The van der Waals surface area contributed by atoms with Crippen LogP contribution < -0.4 is 0 Å². The lowest BCUT2D eigenvalue weighted by Crippen LogP contribution is -2.37. The Hall–Kier alpha value is -2.84. The van der Waals surface area contributed by atoms with Crippen LogP contribution in [0.5, 0.6) is 0 Å². The highest BCUT2D eigenvalue weighted by Gasteiger charge is 2.22. The molecule has 0 spiro atoms. The number of aliphatic hydroxyl groups excluding tert-OH is 1. The number of aliphatic hydroxyl groups is 1. The van der Waals surface area contributed by atoms with E-state index in [1.807, 2.05) is 24.5 Å². The number of hydrogen-bond acceptors (Lipinski definition) is 6. The number of aryl methyl sites for hydroxylation is 2. The SMILES string of the molecule is Cc1cc2nc(CN(C)C(=O)CN(C)C3=C(OC=O)CCC(Cl)=C3)n(CCO)c2cc1C. The summed E-state index contributed by atoms with van der Waals surface area (Å²) in [5.41, 5.74) is 4.70. The fourth-order valence-corrected chi connectivity index (χ4v) is 3.97. The van der Waals surface area contributed by atoms with Gasteiger partial charge >= 0.3 is 0 Å². The van der Waals surface area contributed by atoms with Crippen LogP contribution in [0, 0.1) is 13.8 Å². The van der Waals surface area contributed by atoms with Crippen LogP contribution in [0.3, 0.4) is 0 Å². The van der Waals surface area contributed by atoms with Gasteiger partial charge in [0.15, 0.2) is 0 Å². The number of aromatic nitrogens is 2. The molecule has 0 fully saturated rings. The molecular formula is C23H29ClN4O4. The van der Waals surface area contributed by atoms with E-state index in [2.05, 4.69) is 6.07 Å². The van der Waals surface area contributed by atoms with Crippen LogP contribution in [-0.4, -0.2) is 64.1 Å². The van der Waals surface area contributed by atoms with E-state index < -0.39 is 0 Å². The van der Waals surface area contributed by atoms with Gasteiger partial charge in [-0.25, -0.2) is 4.98 Å². The second kappa shape index (κ2) is 10.2. The van der Waals surface area contributed by atoms with Crippen LogP contribution in [0.25, 0.3) is 11.0 Å². The average molecular weight is 461 g/mol. The van der Waals surface area contributed by atoms with E-state index in [-0.39, 0.29) is 19.1 Å². The summed E-state index contributed by atoms with van der Waals surface area (Å²) in [7, 11) is 3.48. The Morgan fingerprint density at radius 1 is 1.28 bits per heavy atom. The van der Waals surface area contributed by atoms with Gasteiger partial charge in [-0.3, -0.25) is 9.59 Å². The first kappa shape index (κ1) is 23.8. The predicted octanol–water partition coefficient (Wildman–Crippen LogP) is 2.84. The van der Waals surface area contributed by atoms with Crippen LogP contribution in [0.2, 0.25) is 0 Å². The van der Waals surface area contributed by atoms with Gasteiger partial charge in [0.25, 0.3) is 6.47 Å². The molecule has 8 nitrogen and oxygen atoms in total. The second-order valence-electron chi connectivity index (χ2n) is 8.05. The fraction of sp³-hybridized carbons (Fsp3) is 0.435. The molecule has 1 aromatic carbocycles. The maximum Gasteiger partial charge on any atom is 0.298 e. The largest absolute Gasteiger partial charge is 0.431 e. The standard InChI is InChI=1S/C23H29ClN4O4/c1-15-9-18-19(10-16(15)2)28(7-8-29)22(25-18)12-27(4)23(31)13-26(3)20-11-17(24)5-6-21(20)32-14-30/h9-11,14,29H,5-8,12-13H2,1-4H3. The molecule has 32 heavy (non-hydrogen) atoms. The van der Waals surface area contributed by atoms with Crippen LogP contribution in [0.1, 0.15) is 29.8 Å². The number of rotatable bonds is 9. The molecule has 0 saturated carbocycles. The lowest BCUT2D eigenvalue weighted by Gasteiger charge is -2.27. The number of carbonyl (C=O) groups excluding carboxylic acids is 2. The van der Waals surface area contributed by atoms with Gasteiger partial charge in [-0.15, -0.1) is 0 Å². The minimum Gasteiger partial charge on any atom is -0.431 e. The van der Waals surface area contributed by atoms with Crippen molar-refractivity contribution in [1.29, 1.82) is 0 Å². The summed E-state index contributed by atoms with van der Waals surface area (Å²) >= 11 is 6.16. The van der Waals surface area contributed by atoms with Crippen LogP contribution in [0.4, 0.5) is 0 Å². The van der Waals surface area contributed by atoms with E-state index in [4.69, 9.17) is 21.3 Å². The summed E-state index contributed by atoms with van der Waals surface area (Å²) < 4.78 is 7.05. The number of nitrogens with zero attached hydrogens (tertiary/aromatic N) is 4. The molecule has 1 aliphatic carbocycles. The number of hydrogen-bond donors (Lipinski definition) is 1. The van der Waals surface area contributed by atoms with Crippen molar-refractivity contribution in [3.8, 4) is 0 Å². The monoisotopic (exact) mass is 460 g/mol. The topological polar surface area (TPSA) is 87.9 Å². The number of allylic oxidation sites excluding steroid dienone is 3. The summed E-state index contributed by atoms with van der Waals surface area (Å²) in [6, 6.07) is 4.09. The summed E-state index contributed by atoms with van der Waals surface area (Å²) in [6.07, 6.45) is 2.82. The van der Waals surface area contributed by atoms with Gasteiger partial charge in [0, 0.05) is 32.1 Å². The summed E-state index contributed by atoms with van der Waals surface area (Å²) in [4.78, 5) is 31.8. The number of carbonyl (C=O) groups is 2. The zero-order valence-electron chi connectivity index (χ0n) is 18.9. The van der Waals surface area contributed by atoms with Gasteiger partial charge < -0.3 is 24.2 Å². The molecule has 0 bridgehead atoms. The highest BCUT2D eigenvalue weighted by molar-refractivity contribution is 6.29. The van der Waals surface area contributed by atoms with E-state index in [1.54, 1.807) is 30.0 Å². The lowest BCUT2D eigenvalue weighted by molar-refractivity contribution is -0.131. The van der Waals surface area contributed by atoms with Gasteiger partial charge in [0.2, 0.25) is 5.91 Å². The third kappa shape index (κ3) is 5.14. The molecular weight excluding hydrogens is 432 g/mol. The first-order valence-electron chi connectivity index (χ1n) is 10.5. The van der Waals surface area contributed by atoms with Gasteiger partial charge in [0.05, 0.1) is 36.4 Å². The van der Waals surface area contributed by atoms with E-state index >= 15 is 0 Å². The highest BCUT2D eigenvalue weighted by Crippen LogP contribution is 2.28. The molecule has 1 aliphatic rings. The number of benzene rings is 1. The van der Waals surface area contributed by atoms with Gasteiger partial charge in [0.1, 0.15) is 11.6 Å². The third-order valence-corrected chi connectivity index (χ3v) is 6.01. The Morgan fingerprint density at radius 2 is 2.00 bits per heavy atom. The molecule has 2 aromatic rings. The Morgan fingerprint density at radius 3 is 2.69 bits per heavy atom. The molecule has 0 unspecified atom stereocenters. The molecule has 9 heteroatoms. The highest BCUT2D eigenvalue weighted by atomic mass is 35.5. The maximum absolute atomic E-state index is 13.0. The first-order valence-corrected chi connectivity index (χ1v) is 10.8. The molecule has 1 aromatic heterocycles. The molecule has 1 N–H and O–H groups in total. The quantitative estimate of drug-likeness (QED) is 0.579. The minimum atomic E-state index is -0.129. The van der Waals surface area contributed by atoms with E-state index in [9.17, 15) is 14.7 Å². The molecule has 0 radical (unpaired) electrons. The summed E-state index contributed by atoms with van der Waals surface area (Å²) in [5.74, 6) is 1.08. The number of likely N-dealkylation sites (N-methyl/N-ethyl adjacent to an activating group) is 2. The molecule has 1 heterocycles. The van der Waals surface area contributed by atoms with Crippen molar-refractivity contribution >= 4 is 35.0 Å². The average Bonchev–Trinajstić information content (AvgIpc) is 3.06. The molecule has 0 aliphatic heterocycles. The molecule has 1 amide bonds. The summed E-state index contributed by atoms with van der Waals surface area (Å²) in [5, 5.41) is 10.2. The van der Waals surface area contributed by atoms with Gasteiger partial charge in [-0.05, 0) is 49.6 Å². The van der Waals surface area contributed by atoms with E-state index in [0.29, 0.717) is 54.7 Å². The van der Waals surface area contributed by atoms with Crippen molar-refractivity contribution in [2.45, 2.75) is 39.8 Å². The number of amides is 1. The Balaban J connectivity index is 1.79. The lowest BCUT2D eigenvalue weighted by atomic mass is 10.1. The minimum absolute atomic E-state index is 0.0213. The van der Waals surface area contributed by atoms with Crippen molar-refractivity contribution in [3.63, 3.8) is 0 Å². The molecule has 172 valence electrons. The van der Waals surface area contributed by atoms with Crippen LogP contribution in [-0.2, 0) is 27.4 Å². The van der Waals surface area contributed by atoms with Crippen LogP contribution >= 0.6 is 11.6 Å². The molecule has 0 saturated heterocycles.